The van der Waals surface area contributed by atoms with Gasteiger partial charge in [0, 0.05) is 43.0 Å². The molecule has 2 aromatic carbocycles. The van der Waals surface area contributed by atoms with E-state index in [1.165, 1.54) is 12.1 Å². The predicted molar refractivity (Wildman–Crippen MR) is 157 cm³/mol. The number of ether oxygens (including phenoxy) is 1. The number of aromatic nitrogens is 5. The molecule has 0 unspecified atom stereocenters. The average Bonchev–Trinajstić information content (AvgIpc) is 3.42. The van der Waals surface area contributed by atoms with Crippen LogP contribution in [0.5, 0.6) is 0 Å². The van der Waals surface area contributed by atoms with Gasteiger partial charge in [-0.1, -0.05) is 6.07 Å². The number of nitrogens with one attached hydrogen (secondary N) is 1. The second-order valence-corrected chi connectivity index (χ2v) is 11.7. The second kappa shape index (κ2) is 11.2. The summed E-state index contributed by atoms with van der Waals surface area (Å²) in [5.74, 6) is -0.962. The Balaban J connectivity index is 1.22. The number of imidazole rings is 1. The number of rotatable bonds is 9. The van der Waals surface area contributed by atoms with Gasteiger partial charge >= 0.3 is 0 Å². The summed E-state index contributed by atoms with van der Waals surface area (Å²) < 4.78 is 63.5. The van der Waals surface area contributed by atoms with Gasteiger partial charge in [0.25, 0.3) is 0 Å². The maximum absolute atomic E-state index is 14.9. The summed E-state index contributed by atoms with van der Waals surface area (Å²) in [4.78, 5) is 11.8. The van der Waals surface area contributed by atoms with E-state index in [0.29, 0.717) is 29.9 Å². The van der Waals surface area contributed by atoms with Crippen molar-refractivity contribution in [3.8, 4) is 28.1 Å². The summed E-state index contributed by atoms with van der Waals surface area (Å²) in [5, 5.41) is 4.54. The van der Waals surface area contributed by atoms with E-state index in [1.807, 2.05) is 35.3 Å². The van der Waals surface area contributed by atoms with E-state index in [-0.39, 0.29) is 5.56 Å². The number of thiol groups is 1. The van der Waals surface area contributed by atoms with Crippen molar-refractivity contribution in [3.63, 3.8) is 0 Å². The number of hydrogen-bond acceptors (Lipinski definition) is 7. The van der Waals surface area contributed by atoms with Crippen LogP contribution in [0.4, 0.5) is 8.78 Å². The SMILES string of the molecule is O=[SH](=O)NC1(c2cc(-c3ccc(F)cc3F)cc(-n3cnc4cc(-c5cnn(CCN6CCOCC6)c5)ccc43)n2)CC1. The normalized spacial score (nSPS) is 16.7. The predicted octanol–water partition coefficient (Wildman–Crippen LogP) is 3.67. The Morgan fingerprint density at radius 3 is 2.56 bits per heavy atom. The van der Waals surface area contributed by atoms with Crippen LogP contribution in [0, 0.1) is 11.6 Å². The van der Waals surface area contributed by atoms with Crippen molar-refractivity contribution in [1.29, 1.82) is 0 Å². The molecule has 0 atom stereocenters. The Morgan fingerprint density at radius 1 is 0.953 bits per heavy atom. The minimum absolute atomic E-state index is 0.186. The number of benzene rings is 2. The lowest BCUT2D eigenvalue weighted by Crippen LogP contribution is -2.38. The Morgan fingerprint density at radius 2 is 1.79 bits per heavy atom. The standard InChI is InChI=1S/C30H29F2N7O3S/c31-23-2-3-24(25(32)16-23)21-14-28(30(5-6-30)36-43(40)41)35-29(15-21)39-19-33-26-13-20(1-4-27(26)39)22-17-34-38(18-22)8-7-37-9-11-42-12-10-37/h1-4,13-19,43H,5-12H2,(H,36,40,41). The largest absolute Gasteiger partial charge is 0.379 e. The fourth-order valence-electron chi connectivity index (χ4n) is 5.57. The first kappa shape index (κ1) is 27.8. The lowest BCUT2D eigenvalue weighted by atomic mass is 10.0. The molecule has 2 fully saturated rings. The molecule has 0 spiro atoms. The Bertz CT molecular complexity index is 1890. The highest BCUT2D eigenvalue weighted by Crippen LogP contribution is 2.46. The minimum Gasteiger partial charge on any atom is -0.379 e. The summed E-state index contributed by atoms with van der Waals surface area (Å²) in [6.07, 6.45) is 6.63. The van der Waals surface area contributed by atoms with Gasteiger partial charge in [-0.25, -0.2) is 31.9 Å². The van der Waals surface area contributed by atoms with Gasteiger partial charge in [-0.2, -0.15) is 5.10 Å². The Hall–Kier alpha value is -4.04. The van der Waals surface area contributed by atoms with Crippen LogP contribution in [0.1, 0.15) is 18.5 Å². The third-order valence-corrected chi connectivity index (χ3v) is 8.72. The maximum Gasteiger partial charge on any atom is 0.202 e. The molecular formula is C30H29F2N7O3S. The van der Waals surface area contributed by atoms with E-state index in [4.69, 9.17) is 9.72 Å². The summed E-state index contributed by atoms with van der Waals surface area (Å²) in [6, 6.07) is 12.6. The van der Waals surface area contributed by atoms with E-state index >= 15 is 0 Å². The van der Waals surface area contributed by atoms with Gasteiger partial charge in [0.2, 0.25) is 10.9 Å². The molecule has 1 aliphatic carbocycles. The minimum atomic E-state index is -2.88. The van der Waals surface area contributed by atoms with Gasteiger partial charge in [-0.05, 0) is 60.4 Å². The van der Waals surface area contributed by atoms with Crippen molar-refractivity contribution in [2.75, 3.05) is 32.8 Å². The topological polar surface area (TPSA) is 107 Å². The van der Waals surface area contributed by atoms with Crippen LogP contribution in [0.25, 0.3) is 39.1 Å². The number of fused-ring (bicyclic) bond motifs is 1. The quantitative estimate of drug-likeness (QED) is 0.247. The molecule has 4 heterocycles. The number of halogens is 2. The van der Waals surface area contributed by atoms with Crippen LogP contribution >= 0.6 is 0 Å². The van der Waals surface area contributed by atoms with Crippen molar-refractivity contribution in [2.45, 2.75) is 24.9 Å². The van der Waals surface area contributed by atoms with Crippen LogP contribution < -0.4 is 4.72 Å². The van der Waals surface area contributed by atoms with Gasteiger partial charge in [0.05, 0.1) is 48.2 Å². The summed E-state index contributed by atoms with van der Waals surface area (Å²) in [7, 11) is -2.88. The molecule has 0 amide bonds. The zero-order chi connectivity index (χ0) is 29.6. The van der Waals surface area contributed by atoms with Gasteiger partial charge in [0.1, 0.15) is 23.8 Å². The van der Waals surface area contributed by atoms with E-state index in [2.05, 4.69) is 19.7 Å². The lowest BCUT2D eigenvalue weighted by molar-refractivity contribution is 0.0360. The van der Waals surface area contributed by atoms with Crippen LogP contribution in [0.15, 0.2) is 67.3 Å². The molecule has 7 rings (SSSR count). The smallest absolute Gasteiger partial charge is 0.202 e. The molecule has 0 bridgehead atoms. The van der Waals surface area contributed by atoms with Gasteiger partial charge in [-0.15, -0.1) is 0 Å². The van der Waals surface area contributed by atoms with Gasteiger partial charge < -0.3 is 4.74 Å². The van der Waals surface area contributed by atoms with Crippen LogP contribution in [0.3, 0.4) is 0 Å². The Labute approximate surface area is 248 Å². The lowest BCUT2D eigenvalue weighted by Gasteiger charge is -2.26. The third kappa shape index (κ3) is 5.68. The molecule has 43 heavy (non-hydrogen) atoms. The Kier molecular flexibility index (Phi) is 7.25. The maximum atomic E-state index is 14.9. The average molecular weight is 606 g/mol. The zero-order valence-electron chi connectivity index (χ0n) is 23.1. The fraction of sp³-hybridized carbons (Fsp3) is 0.300. The van der Waals surface area contributed by atoms with Crippen molar-refractivity contribution in [1.82, 2.24) is 33.9 Å². The molecule has 2 aliphatic rings. The molecular weight excluding hydrogens is 576 g/mol. The van der Waals surface area contributed by atoms with Crippen LogP contribution in [0.2, 0.25) is 0 Å². The molecule has 10 nitrogen and oxygen atoms in total. The number of nitrogens with zero attached hydrogens (tertiary/aromatic N) is 6. The van der Waals surface area contributed by atoms with E-state index in [9.17, 15) is 17.2 Å². The van der Waals surface area contributed by atoms with E-state index in [0.717, 1.165) is 67.6 Å². The number of hydrogen-bond donors (Lipinski definition) is 2. The molecule has 5 aromatic rings. The van der Waals surface area contributed by atoms with Crippen LogP contribution in [-0.2, 0) is 27.7 Å². The molecule has 1 aliphatic heterocycles. The van der Waals surface area contributed by atoms with Crippen LogP contribution in [-0.4, -0.2) is 70.5 Å². The molecule has 0 radical (unpaired) electrons. The van der Waals surface area contributed by atoms with E-state index < -0.39 is 28.1 Å². The fourth-order valence-corrected chi connectivity index (χ4v) is 6.25. The van der Waals surface area contributed by atoms with Crippen molar-refractivity contribution in [3.05, 3.63) is 84.6 Å². The number of pyridine rings is 1. The molecule has 13 heteroatoms. The highest BCUT2D eigenvalue weighted by molar-refractivity contribution is 7.70. The number of morpholine rings is 1. The summed E-state index contributed by atoms with van der Waals surface area (Å²) in [5.41, 5.74) is 3.68. The van der Waals surface area contributed by atoms with Gasteiger partial charge in [0.15, 0.2) is 0 Å². The second-order valence-electron chi connectivity index (χ2n) is 10.9. The first-order valence-corrected chi connectivity index (χ1v) is 15.3. The zero-order valence-corrected chi connectivity index (χ0v) is 24.0. The first-order chi connectivity index (χ1) is 20.9. The highest BCUT2D eigenvalue weighted by Gasteiger charge is 2.47. The molecule has 1 saturated heterocycles. The molecule has 1 saturated carbocycles. The van der Waals surface area contributed by atoms with Crippen molar-refractivity contribution < 1.29 is 21.9 Å². The van der Waals surface area contributed by atoms with E-state index in [1.54, 1.807) is 23.0 Å². The molecule has 222 valence electrons. The molecule has 3 aromatic heterocycles. The van der Waals surface area contributed by atoms with Crippen molar-refractivity contribution in [2.24, 2.45) is 0 Å². The summed E-state index contributed by atoms with van der Waals surface area (Å²) in [6.45, 7) is 5.09. The molecule has 1 N–H and O–H groups in total. The summed E-state index contributed by atoms with van der Waals surface area (Å²) >= 11 is 0. The first-order valence-electron chi connectivity index (χ1n) is 14.1. The van der Waals surface area contributed by atoms with Crippen molar-refractivity contribution >= 4 is 21.9 Å². The third-order valence-electron chi connectivity index (χ3n) is 8.11. The monoisotopic (exact) mass is 605 g/mol. The highest BCUT2D eigenvalue weighted by atomic mass is 32.2. The van der Waals surface area contributed by atoms with Gasteiger partial charge in [-0.3, -0.25) is 14.1 Å².